The van der Waals surface area contributed by atoms with E-state index in [1.54, 1.807) is 21.0 Å². The van der Waals surface area contributed by atoms with Gasteiger partial charge in [0.2, 0.25) is 0 Å². The van der Waals surface area contributed by atoms with E-state index in [0.717, 1.165) is 10.0 Å². The Kier molecular flexibility index (Phi) is 4.83. The minimum absolute atomic E-state index is 0.00305. The molecule has 2 rings (SSSR count). The summed E-state index contributed by atoms with van der Waals surface area (Å²) in [5.74, 6) is 0.00305. The molecule has 1 atom stereocenters. The number of morpholine rings is 1. The standard InChI is InChI=1S/C15H20BrNO3/c1-15(2,19-3)14(18)17-7-8-20-13(10-17)11-5-4-6-12(16)9-11/h4-6,9,13H,7-8,10H2,1-3H3/t13-/m0/s1. The van der Waals surface area contributed by atoms with Crippen LogP contribution in [0.4, 0.5) is 0 Å². The summed E-state index contributed by atoms with van der Waals surface area (Å²) < 4.78 is 12.1. The van der Waals surface area contributed by atoms with Crippen molar-refractivity contribution in [1.29, 1.82) is 0 Å². The first kappa shape index (κ1) is 15.5. The Bertz CT molecular complexity index is 490. The van der Waals surface area contributed by atoms with Crippen LogP contribution < -0.4 is 0 Å². The average Bonchev–Trinajstić information content (AvgIpc) is 2.46. The molecule has 0 saturated carbocycles. The summed E-state index contributed by atoms with van der Waals surface area (Å²) in [7, 11) is 1.56. The second kappa shape index (κ2) is 6.24. The molecule has 0 bridgehead atoms. The van der Waals surface area contributed by atoms with Crippen LogP contribution in [0.3, 0.4) is 0 Å². The van der Waals surface area contributed by atoms with Crippen LogP contribution in [0.2, 0.25) is 0 Å². The van der Waals surface area contributed by atoms with Crippen LogP contribution in [-0.2, 0) is 14.3 Å². The summed E-state index contributed by atoms with van der Waals surface area (Å²) in [6.45, 7) is 5.29. The molecule has 1 heterocycles. The Balaban J connectivity index is 2.11. The lowest BCUT2D eigenvalue weighted by Gasteiger charge is -2.37. The fourth-order valence-corrected chi connectivity index (χ4v) is 2.63. The molecular weight excluding hydrogens is 322 g/mol. The van der Waals surface area contributed by atoms with E-state index in [2.05, 4.69) is 15.9 Å². The van der Waals surface area contributed by atoms with Gasteiger partial charge in [-0.1, -0.05) is 28.1 Å². The molecule has 1 aromatic rings. The Labute approximate surface area is 128 Å². The highest BCUT2D eigenvalue weighted by atomic mass is 79.9. The number of rotatable bonds is 3. The number of ether oxygens (including phenoxy) is 2. The maximum Gasteiger partial charge on any atom is 0.254 e. The summed E-state index contributed by atoms with van der Waals surface area (Å²) in [5, 5.41) is 0. The Morgan fingerprint density at radius 2 is 2.25 bits per heavy atom. The van der Waals surface area contributed by atoms with Gasteiger partial charge in [-0.15, -0.1) is 0 Å². The van der Waals surface area contributed by atoms with E-state index in [4.69, 9.17) is 9.47 Å². The van der Waals surface area contributed by atoms with Crippen LogP contribution in [0.5, 0.6) is 0 Å². The van der Waals surface area contributed by atoms with Gasteiger partial charge in [0.05, 0.1) is 13.2 Å². The predicted octanol–water partition coefficient (Wildman–Crippen LogP) is 2.77. The Hall–Kier alpha value is -0.910. The van der Waals surface area contributed by atoms with E-state index in [9.17, 15) is 4.79 Å². The first-order chi connectivity index (χ1) is 9.44. The SMILES string of the molecule is COC(C)(C)C(=O)N1CCO[C@H](c2cccc(Br)c2)C1. The summed E-state index contributed by atoms with van der Waals surface area (Å²) in [6, 6.07) is 8.00. The van der Waals surface area contributed by atoms with E-state index in [-0.39, 0.29) is 12.0 Å². The van der Waals surface area contributed by atoms with E-state index in [1.807, 2.05) is 29.2 Å². The zero-order valence-electron chi connectivity index (χ0n) is 12.1. The molecule has 0 aromatic heterocycles. The molecule has 0 unspecified atom stereocenters. The third-order valence-electron chi connectivity index (χ3n) is 3.60. The minimum Gasteiger partial charge on any atom is -0.370 e. The molecule has 1 aliphatic heterocycles. The van der Waals surface area contributed by atoms with E-state index < -0.39 is 5.60 Å². The first-order valence-electron chi connectivity index (χ1n) is 6.65. The number of hydrogen-bond acceptors (Lipinski definition) is 3. The highest BCUT2D eigenvalue weighted by molar-refractivity contribution is 9.10. The molecule has 1 amide bonds. The highest BCUT2D eigenvalue weighted by Gasteiger charge is 2.35. The zero-order valence-corrected chi connectivity index (χ0v) is 13.6. The van der Waals surface area contributed by atoms with Gasteiger partial charge >= 0.3 is 0 Å². The molecule has 110 valence electrons. The van der Waals surface area contributed by atoms with Gasteiger partial charge in [-0.3, -0.25) is 4.79 Å². The second-order valence-electron chi connectivity index (χ2n) is 5.38. The van der Waals surface area contributed by atoms with Gasteiger partial charge in [-0.2, -0.15) is 0 Å². The Morgan fingerprint density at radius 3 is 2.90 bits per heavy atom. The number of carbonyl (C=O) groups excluding carboxylic acids is 1. The highest BCUT2D eigenvalue weighted by Crippen LogP contribution is 2.26. The van der Waals surface area contributed by atoms with Gasteiger partial charge in [0.1, 0.15) is 11.7 Å². The third-order valence-corrected chi connectivity index (χ3v) is 4.09. The van der Waals surface area contributed by atoms with Crippen LogP contribution in [0.25, 0.3) is 0 Å². The zero-order chi connectivity index (χ0) is 14.8. The van der Waals surface area contributed by atoms with Gasteiger partial charge in [-0.05, 0) is 31.5 Å². The smallest absolute Gasteiger partial charge is 0.254 e. The lowest BCUT2D eigenvalue weighted by atomic mass is 10.0. The predicted molar refractivity (Wildman–Crippen MR) is 80.5 cm³/mol. The average molecular weight is 342 g/mol. The van der Waals surface area contributed by atoms with E-state index in [1.165, 1.54) is 0 Å². The number of carbonyl (C=O) groups is 1. The molecule has 1 aromatic carbocycles. The molecule has 0 N–H and O–H groups in total. The van der Waals surface area contributed by atoms with Crippen LogP contribution >= 0.6 is 15.9 Å². The van der Waals surface area contributed by atoms with Gasteiger partial charge in [0.15, 0.2) is 0 Å². The Morgan fingerprint density at radius 1 is 1.50 bits per heavy atom. The van der Waals surface area contributed by atoms with E-state index >= 15 is 0 Å². The van der Waals surface area contributed by atoms with Crippen LogP contribution in [0.15, 0.2) is 28.7 Å². The summed E-state index contributed by atoms with van der Waals surface area (Å²) in [4.78, 5) is 14.2. The molecule has 4 nitrogen and oxygen atoms in total. The molecule has 1 saturated heterocycles. The van der Waals surface area contributed by atoms with Crippen molar-refractivity contribution in [3.05, 3.63) is 34.3 Å². The number of nitrogens with zero attached hydrogens (tertiary/aromatic N) is 1. The fraction of sp³-hybridized carbons (Fsp3) is 0.533. The summed E-state index contributed by atoms with van der Waals surface area (Å²) in [5.41, 5.74) is 0.284. The van der Waals surface area contributed by atoms with Crippen molar-refractivity contribution in [2.24, 2.45) is 0 Å². The maximum absolute atomic E-state index is 12.4. The van der Waals surface area contributed by atoms with Crippen molar-refractivity contribution in [3.63, 3.8) is 0 Å². The fourth-order valence-electron chi connectivity index (χ4n) is 2.21. The number of hydrogen-bond donors (Lipinski definition) is 0. The van der Waals surface area contributed by atoms with Crippen molar-refractivity contribution in [1.82, 2.24) is 4.90 Å². The van der Waals surface area contributed by atoms with Crippen molar-refractivity contribution < 1.29 is 14.3 Å². The van der Waals surface area contributed by atoms with E-state index in [0.29, 0.717) is 19.7 Å². The van der Waals surface area contributed by atoms with Crippen molar-refractivity contribution in [3.8, 4) is 0 Å². The molecule has 0 spiro atoms. The van der Waals surface area contributed by atoms with Gasteiger partial charge in [-0.25, -0.2) is 0 Å². The van der Waals surface area contributed by atoms with Crippen LogP contribution in [0.1, 0.15) is 25.5 Å². The van der Waals surface area contributed by atoms with Crippen LogP contribution in [0, 0.1) is 0 Å². The topological polar surface area (TPSA) is 38.8 Å². The van der Waals surface area contributed by atoms with Gasteiger partial charge in [0.25, 0.3) is 5.91 Å². The summed E-state index contributed by atoms with van der Waals surface area (Å²) in [6.07, 6.45) is -0.0853. The first-order valence-corrected chi connectivity index (χ1v) is 7.45. The number of halogens is 1. The lowest BCUT2D eigenvalue weighted by molar-refractivity contribution is -0.158. The quantitative estimate of drug-likeness (QED) is 0.848. The number of benzene rings is 1. The molecule has 0 aliphatic carbocycles. The van der Waals surface area contributed by atoms with Crippen molar-refractivity contribution >= 4 is 21.8 Å². The molecule has 5 heteroatoms. The number of amides is 1. The largest absolute Gasteiger partial charge is 0.370 e. The monoisotopic (exact) mass is 341 g/mol. The maximum atomic E-state index is 12.4. The molecule has 1 fully saturated rings. The van der Waals surface area contributed by atoms with Crippen LogP contribution in [-0.4, -0.2) is 43.2 Å². The van der Waals surface area contributed by atoms with Gasteiger partial charge < -0.3 is 14.4 Å². The molecule has 1 aliphatic rings. The normalized spacial score (nSPS) is 20.0. The lowest BCUT2D eigenvalue weighted by Crippen LogP contribution is -2.51. The van der Waals surface area contributed by atoms with Crippen molar-refractivity contribution in [2.45, 2.75) is 25.6 Å². The second-order valence-corrected chi connectivity index (χ2v) is 6.30. The molecule has 20 heavy (non-hydrogen) atoms. The molecular formula is C15H20BrNO3. The molecule has 0 radical (unpaired) electrons. The number of methoxy groups -OCH3 is 1. The minimum atomic E-state index is -0.792. The van der Waals surface area contributed by atoms with Crippen molar-refractivity contribution in [2.75, 3.05) is 26.8 Å². The third kappa shape index (κ3) is 3.40. The summed E-state index contributed by atoms with van der Waals surface area (Å²) >= 11 is 3.46. The van der Waals surface area contributed by atoms with Gasteiger partial charge in [0, 0.05) is 18.1 Å².